The molecule has 1 spiro atoms. The fourth-order valence-corrected chi connectivity index (χ4v) is 6.51. The van der Waals surface area contributed by atoms with Crippen LogP contribution in [0.3, 0.4) is 0 Å². The molecule has 0 amide bonds. The molecule has 2 nitrogen and oxygen atoms in total. The Kier molecular flexibility index (Phi) is 5.51. The molecule has 196 valence electrons. The molecular formula is C37H33BO2. The van der Waals surface area contributed by atoms with Crippen LogP contribution in [0, 0.1) is 0 Å². The topological polar surface area (TPSA) is 29.5 Å². The van der Waals surface area contributed by atoms with Gasteiger partial charge in [0.15, 0.2) is 0 Å². The summed E-state index contributed by atoms with van der Waals surface area (Å²) in [7, 11) is 0.452. The standard InChI is InChI=1S/C37H33BO2/c1-35(2,39)36(3,4)40-38-26-20-17-24(18-21-26)25-19-22-30-29-13-7-10-16-33(29)37(34(30)23-25)31-14-8-5-11-27(31)28-12-6-9-15-32(28)37/h5-23,38-39H,1-4H3. The highest BCUT2D eigenvalue weighted by Gasteiger charge is 2.51. The summed E-state index contributed by atoms with van der Waals surface area (Å²) in [5.41, 5.74) is 12.3. The van der Waals surface area contributed by atoms with E-state index in [1.807, 2.05) is 13.8 Å². The van der Waals surface area contributed by atoms with Crippen LogP contribution in [0.1, 0.15) is 49.9 Å². The van der Waals surface area contributed by atoms with E-state index in [-0.39, 0.29) is 5.41 Å². The minimum absolute atomic E-state index is 0.328. The van der Waals surface area contributed by atoms with E-state index in [0.717, 1.165) is 5.46 Å². The molecule has 0 aromatic heterocycles. The number of rotatable bonds is 5. The van der Waals surface area contributed by atoms with Crippen molar-refractivity contribution < 1.29 is 9.76 Å². The van der Waals surface area contributed by atoms with Crippen LogP contribution in [0.25, 0.3) is 33.4 Å². The van der Waals surface area contributed by atoms with Crippen LogP contribution in [0.4, 0.5) is 0 Å². The largest absolute Gasteiger partial charge is 0.427 e. The minimum atomic E-state index is -0.928. The van der Waals surface area contributed by atoms with Gasteiger partial charge in [0.25, 0.3) is 0 Å². The Labute approximate surface area is 237 Å². The summed E-state index contributed by atoms with van der Waals surface area (Å²) in [6.45, 7) is 7.43. The van der Waals surface area contributed by atoms with Crippen LogP contribution in [0.5, 0.6) is 0 Å². The number of benzene rings is 5. The predicted octanol–water partition coefficient (Wildman–Crippen LogP) is 7.24. The fraction of sp³-hybridized carbons (Fsp3) is 0.189. The second kappa shape index (κ2) is 8.79. The van der Waals surface area contributed by atoms with Gasteiger partial charge in [0.2, 0.25) is 0 Å². The molecule has 2 aliphatic rings. The van der Waals surface area contributed by atoms with E-state index in [9.17, 15) is 5.11 Å². The van der Waals surface area contributed by atoms with Gasteiger partial charge in [-0.2, -0.15) is 0 Å². The van der Waals surface area contributed by atoms with E-state index in [1.165, 1.54) is 55.6 Å². The van der Waals surface area contributed by atoms with Gasteiger partial charge < -0.3 is 9.76 Å². The van der Waals surface area contributed by atoms with Gasteiger partial charge in [-0.3, -0.25) is 0 Å². The van der Waals surface area contributed by atoms with Gasteiger partial charge in [-0.1, -0.05) is 115 Å². The average molecular weight is 520 g/mol. The molecule has 0 aliphatic heterocycles. The van der Waals surface area contributed by atoms with Crippen LogP contribution in [0.15, 0.2) is 115 Å². The lowest BCUT2D eigenvalue weighted by Gasteiger charge is -2.37. The second-order valence-corrected chi connectivity index (χ2v) is 12.2. The third-order valence-corrected chi connectivity index (χ3v) is 9.36. The average Bonchev–Trinajstić information content (AvgIpc) is 3.43. The minimum Gasteiger partial charge on any atom is -0.427 e. The molecule has 3 heteroatoms. The summed E-state index contributed by atoms with van der Waals surface area (Å²) in [5.74, 6) is 0. The van der Waals surface area contributed by atoms with Gasteiger partial charge in [0.05, 0.1) is 16.6 Å². The molecule has 0 atom stereocenters. The molecule has 2 aliphatic carbocycles. The SMILES string of the molecule is CC(C)(O)C(C)(C)OBc1ccc(-c2ccc3c(c2)C2(c4ccccc4-c4ccccc42)c2ccccc2-3)cc1. The molecule has 5 aromatic rings. The molecule has 7 rings (SSSR count). The Morgan fingerprint density at radius 2 is 1.00 bits per heavy atom. The van der Waals surface area contributed by atoms with E-state index >= 15 is 0 Å². The first kappa shape index (κ1) is 25.1. The van der Waals surface area contributed by atoms with E-state index in [2.05, 4.69) is 115 Å². The summed E-state index contributed by atoms with van der Waals surface area (Å²) in [5, 5.41) is 10.4. The summed E-state index contributed by atoms with van der Waals surface area (Å²) < 4.78 is 6.10. The maximum absolute atomic E-state index is 10.4. The smallest absolute Gasteiger partial charge is 0.309 e. The zero-order valence-corrected chi connectivity index (χ0v) is 23.5. The highest BCUT2D eigenvalue weighted by Crippen LogP contribution is 2.62. The number of fused-ring (bicyclic) bond motifs is 10. The molecule has 0 saturated heterocycles. The molecule has 0 fully saturated rings. The molecule has 1 N–H and O–H groups in total. The van der Waals surface area contributed by atoms with E-state index in [4.69, 9.17) is 4.65 Å². The lowest BCUT2D eigenvalue weighted by atomic mass is 9.70. The highest BCUT2D eigenvalue weighted by atomic mass is 16.5. The molecule has 0 heterocycles. The molecule has 40 heavy (non-hydrogen) atoms. The Balaban J connectivity index is 1.34. The van der Waals surface area contributed by atoms with Crippen molar-refractivity contribution in [1.29, 1.82) is 0 Å². The third-order valence-electron chi connectivity index (χ3n) is 9.36. The van der Waals surface area contributed by atoms with Gasteiger partial charge in [-0.15, -0.1) is 0 Å². The summed E-state index contributed by atoms with van der Waals surface area (Å²) >= 11 is 0. The van der Waals surface area contributed by atoms with Gasteiger partial charge in [0.1, 0.15) is 0 Å². The van der Waals surface area contributed by atoms with Crippen LogP contribution >= 0.6 is 0 Å². The Morgan fingerprint density at radius 1 is 0.550 bits per heavy atom. The maximum Gasteiger partial charge on any atom is 0.309 e. The zero-order valence-electron chi connectivity index (χ0n) is 23.5. The maximum atomic E-state index is 10.4. The summed E-state index contributed by atoms with van der Waals surface area (Å²) in [6, 6.07) is 42.4. The first-order valence-electron chi connectivity index (χ1n) is 14.1. The Morgan fingerprint density at radius 3 is 1.50 bits per heavy atom. The van der Waals surface area contributed by atoms with Crippen molar-refractivity contribution in [1.82, 2.24) is 0 Å². The number of hydrogen-bond donors (Lipinski definition) is 1. The first-order chi connectivity index (χ1) is 19.2. The van der Waals surface area contributed by atoms with Crippen molar-refractivity contribution in [2.45, 2.75) is 44.3 Å². The quantitative estimate of drug-likeness (QED) is 0.243. The van der Waals surface area contributed by atoms with Crippen molar-refractivity contribution >= 4 is 12.9 Å². The van der Waals surface area contributed by atoms with Gasteiger partial charge in [-0.05, 0) is 89.4 Å². The summed E-state index contributed by atoms with van der Waals surface area (Å²) in [4.78, 5) is 0. The van der Waals surface area contributed by atoms with Crippen molar-refractivity contribution in [3.8, 4) is 33.4 Å². The van der Waals surface area contributed by atoms with Gasteiger partial charge >= 0.3 is 7.48 Å². The van der Waals surface area contributed by atoms with Crippen LogP contribution in [-0.2, 0) is 10.1 Å². The monoisotopic (exact) mass is 520 g/mol. The van der Waals surface area contributed by atoms with Gasteiger partial charge in [0, 0.05) is 0 Å². The molecule has 0 saturated carbocycles. The van der Waals surface area contributed by atoms with Crippen LogP contribution in [0.2, 0.25) is 0 Å². The normalized spacial score (nSPS) is 14.4. The number of hydrogen-bond acceptors (Lipinski definition) is 2. The summed E-state index contributed by atoms with van der Waals surface area (Å²) in [6.07, 6.45) is 0. The lowest BCUT2D eigenvalue weighted by molar-refractivity contribution is -0.0893. The lowest BCUT2D eigenvalue weighted by Crippen LogP contribution is -2.49. The van der Waals surface area contributed by atoms with Gasteiger partial charge in [-0.25, -0.2) is 0 Å². The van der Waals surface area contributed by atoms with Crippen molar-refractivity contribution in [2.75, 3.05) is 0 Å². The van der Waals surface area contributed by atoms with Crippen molar-refractivity contribution in [2.24, 2.45) is 0 Å². The molecular weight excluding hydrogens is 487 g/mol. The molecule has 0 unspecified atom stereocenters. The van der Waals surface area contributed by atoms with E-state index in [1.54, 1.807) is 13.8 Å². The number of aliphatic hydroxyl groups is 1. The molecule has 0 bridgehead atoms. The second-order valence-electron chi connectivity index (χ2n) is 12.2. The van der Waals surface area contributed by atoms with Crippen molar-refractivity contribution in [3.63, 3.8) is 0 Å². The Hall–Kier alpha value is -3.92. The highest BCUT2D eigenvalue weighted by molar-refractivity contribution is 6.47. The third kappa shape index (κ3) is 3.51. The van der Waals surface area contributed by atoms with Crippen LogP contribution in [-0.4, -0.2) is 23.8 Å². The fourth-order valence-electron chi connectivity index (χ4n) is 6.51. The molecule has 0 radical (unpaired) electrons. The van der Waals surface area contributed by atoms with E-state index < -0.39 is 11.2 Å². The predicted molar refractivity (Wildman–Crippen MR) is 166 cm³/mol. The van der Waals surface area contributed by atoms with E-state index in [0.29, 0.717) is 7.48 Å². The molecule has 5 aromatic carbocycles. The first-order valence-corrected chi connectivity index (χ1v) is 14.1. The Bertz CT molecular complexity index is 1700. The van der Waals surface area contributed by atoms with Crippen molar-refractivity contribution in [3.05, 3.63) is 138 Å². The zero-order chi connectivity index (χ0) is 27.7. The van der Waals surface area contributed by atoms with Crippen LogP contribution < -0.4 is 5.46 Å².